The van der Waals surface area contributed by atoms with Crippen LogP contribution in [0.5, 0.6) is 5.75 Å². The molecule has 0 spiro atoms. The van der Waals surface area contributed by atoms with Gasteiger partial charge < -0.3 is 15.4 Å². The Labute approximate surface area is 166 Å². The fourth-order valence-electron chi connectivity index (χ4n) is 2.89. The lowest BCUT2D eigenvalue weighted by Crippen LogP contribution is -2.22. The smallest absolute Gasteiger partial charge is 0.243 e. The van der Waals surface area contributed by atoms with Crippen LogP contribution in [0.2, 0.25) is 0 Å². The van der Waals surface area contributed by atoms with Crippen LogP contribution in [0, 0.1) is 13.8 Å². The van der Waals surface area contributed by atoms with Crippen LogP contribution in [0.4, 0.5) is 11.4 Å². The summed E-state index contributed by atoms with van der Waals surface area (Å²) in [6.45, 7) is 4.95. The van der Waals surface area contributed by atoms with Gasteiger partial charge >= 0.3 is 0 Å². The summed E-state index contributed by atoms with van der Waals surface area (Å²) < 4.78 is 5.77. The van der Waals surface area contributed by atoms with Crippen LogP contribution in [-0.2, 0) is 11.2 Å². The Balaban J connectivity index is 1.44. The fraction of sp³-hybridized carbons (Fsp3) is 0.208. The highest BCUT2D eigenvalue weighted by Crippen LogP contribution is 2.18. The second-order valence-electron chi connectivity index (χ2n) is 6.76. The molecule has 2 N–H and O–H groups in total. The minimum atomic E-state index is -0.0846. The third-order valence-electron chi connectivity index (χ3n) is 4.68. The zero-order valence-corrected chi connectivity index (χ0v) is 16.4. The lowest BCUT2D eigenvalue weighted by molar-refractivity contribution is -0.114. The van der Waals surface area contributed by atoms with E-state index in [1.807, 2.05) is 61.5 Å². The third-order valence-corrected chi connectivity index (χ3v) is 4.68. The van der Waals surface area contributed by atoms with Gasteiger partial charge in [-0.25, -0.2) is 0 Å². The minimum Gasteiger partial charge on any atom is -0.493 e. The molecular weight excluding hydrogens is 348 g/mol. The fourth-order valence-corrected chi connectivity index (χ4v) is 2.89. The Morgan fingerprint density at radius 2 is 1.64 bits per heavy atom. The van der Waals surface area contributed by atoms with Crippen molar-refractivity contribution < 1.29 is 9.53 Å². The van der Waals surface area contributed by atoms with Gasteiger partial charge in [0.25, 0.3) is 0 Å². The third kappa shape index (κ3) is 5.61. The van der Waals surface area contributed by atoms with E-state index in [1.165, 1.54) is 11.1 Å². The zero-order valence-electron chi connectivity index (χ0n) is 16.4. The number of hydrogen-bond donors (Lipinski definition) is 2. The van der Waals surface area contributed by atoms with Crippen molar-refractivity contribution in [2.45, 2.75) is 20.3 Å². The molecule has 0 saturated carbocycles. The molecule has 0 saturated heterocycles. The molecular formula is C24H26N2O2. The number of ether oxygens (including phenoxy) is 1. The van der Waals surface area contributed by atoms with E-state index < -0.39 is 0 Å². The van der Waals surface area contributed by atoms with E-state index >= 15 is 0 Å². The Hall–Kier alpha value is -3.27. The molecule has 3 aromatic rings. The summed E-state index contributed by atoms with van der Waals surface area (Å²) in [5, 5.41) is 6.09. The Morgan fingerprint density at radius 3 is 2.39 bits per heavy atom. The number of amides is 1. The number of carbonyl (C=O) groups excluding carboxylic acids is 1. The van der Waals surface area contributed by atoms with Crippen LogP contribution in [0.3, 0.4) is 0 Å². The van der Waals surface area contributed by atoms with E-state index in [0.717, 1.165) is 29.1 Å². The van der Waals surface area contributed by atoms with Gasteiger partial charge in [-0.2, -0.15) is 0 Å². The molecule has 144 valence electrons. The molecule has 4 nitrogen and oxygen atoms in total. The molecule has 3 rings (SSSR count). The summed E-state index contributed by atoms with van der Waals surface area (Å²) >= 11 is 0. The molecule has 0 fully saturated rings. The number of aryl methyl sites for hydroxylation is 1. The average molecular weight is 374 g/mol. The van der Waals surface area contributed by atoms with Crippen molar-refractivity contribution in [3.05, 3.63) is 89.5 Å². The Bertz CT molecular complexity index is 906. The summed E-state index contributed by atoms with van der Waals surface area (Å²) in [6, 6.07) is 23.7. The highest BCUT2D eigenvalue weighted by atomic mass is 16.5. The van der Waals surface area contributed by atoms with Crippen LogP contribution in [0.15, 0.2) is 72.8 Å². The zero-order chi connectivity index (χ0) is 19.8. The predicted molar refractivity (Wildman–Crippen MR) is 115 cm³/mol. The van der Waals surface area contributed by atoms with Gasteiger partial charge in [-0.3, -0.25) is 4.79 Å². The number of anilines is 2. The predicted octanol–water partition coefficient (Wildman–Crippen LogP) is 4.98. The van der Waals surface area contributed by atoms with Gasteiger partial charge in [0.15, 0.2) is 0 Å². The van der Waals surface area contributed by atoms with E-state index in [9.17, 15) is 4.79 Å². The number of carbonyl (C=O) groups is 1. The highest BCUT2D eigenvalue weighted by molar-refractivity contribution is 5.93. The maximum absolute atomic E-state index is 12.2. The quantitative estimate of drug-likeness (QED) is 0.585. The van der Waals surface area contributed by atoms with Crippen LogP contribution >= 0.6 is 0 Å². The van der Waals surface area contributed by atoms with Crippen LogP contribution in [0.1, 0.15) is 16.7 Å². The number of nitrogens with one attached hydrogen (secondary N) is 2. The molecule has 0 aliphatic rings. The molecule has 0 atom stereocenters. The molecule has 0 aromatic heterocycles. The molecule has 3 aromatic carbocycles. The van der Waals surface area contributed by atoms with Crippen LogP contribution in [-0.4, -0.2) is 19.1 Å². The van der Waals surface area contributed by atoms with Gasteiger partial charge in [-0.05, 0) is 60.9 Å². The molecule has 0 bridgehead atoms. The maximum atomic E-state index is 12.2. The number of rotatable bonds is 8. The summed E-state index contributed by atoms with van der Waals surface area (Å²) in [4.78, 5) is 12.2. The van der Waals surface area contributed by atoms with E-state index in [1.54, 1.807) is 0 Å². The van der Waals surface area contributed by atoms with Gasteiger partial charge in [0.1, 0.15) is 5.75 Å². The SMILES string of the molecule is Cc1cccc(NCC(=O)Nc2ccc(OCCc3ccccc3)cc2)c1C. The Morgan fingerprint density at radius 1 is 0.893 bits per heavy atom. The second kappa shape index (κ2) is 9.60. The van der Waals surface area contributed by atoms with Gasteiger partial charge in [0.2, 0.25) is 5.91 Å². The minimum absolute atomic E-state index is 0.0846. The van der Waals surface area contributed by atoms with Crippen LogP contribution < -0.4 is 15.4 Å². The monoisotopic (exact) mass is 374 g/mol. The largest absolute Gasteiger partial charge is 0.493 e. The summed E-state index contributed by atoms with van der Waals surface area (Å²) in [6.07, 6.45) is 0.864. The number of hydrogen-bond acceptors (Lipinski definition) is 3. The van der Waals surface area contributed by atoms with Crippen LogP contribution in [0.25, 0.3) is 0 Å². The van der Waals surface area contributed by atoms with E-state index in [2.05, 4.69) is 35.8 Å². The van der Waals surface area contributed by atoms with Gasteiger partial charge in [0.05, 0.1) is 13.2 Å². The van der Waals surface area contributed by atoms with E-state index in [4.69, 9.17) is 4.74 Å². The van der Waals surface area contributed by atoms with E-state index in [0.29, 0.717) is 6.61 Å². The standard InChI is InChI=1S/C24H26N2O2/c1-18-7-6-10-23(19(18)2)25-17-24(27)26-21-11-13-22(14-12-21)28-16-15-20-8-4-3-5-9-20/h3-14,25H,15-17H2,1-2H3,(H,26,27). The van der Waals surface area contributed by atoms with Crippen molar-refractivity contribution in [1.29, 1.82) is 0 Å². The molecule has 0 heterocycles. The summed E-state index contributed by atoms with van der Waals surface area (Å²) in [5.74, 6) is 0.709. The second-order valence-corrected chi connectivity index (χ2v) is 6.76. The lowest BCUT2D eigenvalue weighted by atomic mass is 10.1. The molecule has 0 radical (unpaired) electrons. The topological polar surface area (TPSA) is 50.4 Å². The van der Waals surface area contributed by atoms with Crippen molar-refractivity contribution >= 4 is 17.3 Å². The van der Waals surface area contributed by atoms with Crippen molar-refractivity contribution in [3.63, 3.8) is 0 Å². The van der Waals surface area contributed by atoms with Crippen molar-refractivity contribution in [2.24, 2.45) is 0 Å². The molecule has 1 amide bonds. The average Bonchev–Trinajstić information content (AvgIpc) is 2.71. The molecule has 0 aliphatic carbocycles. The first-order chi connectivity index (χ1) is 13.6. The van der Waals surface area contributed by atoms with Crippen molar-refractivity contribution in [1.82, 2.24) is 0 Å². The highest BCUT2D eigenvalue weighted by Gasteiger charge is 2.05. The first-order valence-electron chi connectivity index (χ1n) is 9.48. The summed E-state index contributed by atoms with van der Waals surface area (Å²) in [5.41, 5.74) is 5.35. The molecule has 4 heteroatoms. The summed E-state index contributed by atoms with van der Waals surface area (Å²) in [7, 11) is 0. The normalized spacial score (nSPS) is 10.4. The lowest BCUT2D eigenvalue weighted by Gasteiger charge is -2.12. The van der Waals surface area contributed by atoms with Gasteiger partial charge in [-0.1, -0.05) is 42.5 Å². The van der Waals surface area contributed by atoms with E-state index in [-0.39, 0.29) is 12.5 Å². The maximum Gasteiger partial charge on any atom is 0.243 e. The van der Waals surface area contributed by atoms with Crippen molar-refractivity contribution in [3.8, 4) is 5.75 Å². The van der Waals surface area contributed by atoms with Gasteiger partial charge in [0, 0.05) is 17.8 Å². The molecule has 0 unspecified atom stereocenters. The van der Waals surface area contributed by atoms with Crippen molar-refractivity contribution in [2.75, 3.05) is 23.8 Å². The Kier molecular flexibility index (Phi) is 6.68. The molecule has 0 aliphatic heterocycles. The number of benzene rings is 3. The molecule has 28 heavy (non-hydrogen) atoms. The first-order valence-corrected chi connectivity index (χ1v) is 9.48. The first kappa shape index (κ1) is 19.5. The van der Waals surface area contributed by atoms with Gasteiger partial charge in [-0.15, -0.1) is 0 Å².